The fourth-order valence-electron chi connectivity index (χ4n) is 4.47. The van der Waals surface area contributed by atoms with Gasteiger partial charge in [0.2, 0.25) is 5.89 Å². The van der Waals surface area contributed by atoms with Gasteiger partial charge in [0, 0.05) is 25.4 Å². The molecule has 0 aliphatic carbocycles. The standard InChI is InChI=1S/C25H24BrF3N6O4/c1-25(2,3)39-24(37)33-7-6-15(12-33)35-19-8-16(26)17(27)9-18(19)34(23(35)36)11-14-5-4-13(10-30-14)21-31-32-22(38-21)20(28)29/h4-5,8-10,15,20H,6-7,11-12H2,1-3H3. The lowest BCUT2D eigenvalue weighted by atomic mass is 10.2. The van der Waals surface area contributed by atoms with Crippen LogP contribution in [0, 0.1) is 5.82 Å². The summed E-state index contributed by atoms with van der Waals surface area (Å²) in [7, 11) is 0. The minimum absolute atomic E-state index is 0.0122. The fourth-order valence-corrected chi connectivity index (χ4v) is 4.80. The van der Waals surface area contributed by atoms with E-state index in [1.54, 1.807) is 48.4 Å². The van der Waals surface area contributed by atoms with E-state index in [-0.39, 0.29) is 35.2 Å². The zero-order chi connectivity index (χ0) is 28.1. The molecule has 206 valence electrons. The van der Waals surface area contributed by atoms with Crippen LogP contribution in [0.4, 0.5) is 18.0 Å². The van der Waals surface area contributed by atoms with E-state index in [0.29, 0.717) is 35.3 Å². The van der Waals surface area contributed by atoms with Crippen LogP contribution in [0.2, 0.25) is 0 Å². The van der Waals surface area contributed by atoms with Crippen LogP contribution in [-0.2, 0) is 11.3 Å². The van der Waals surface area contributed by atoms with Gasteiger partial charge in [-0.05, 0) is 61.3 Å². The number of hydrogen-bond donors (Lipinski definition) is 0. The summed E-state index contributed by atoms with van der Waals surface area (Å²) in [5.41, 5.74) is 0.617. The van der Waals surface area contributed by atoms with E-state index in [4.69, 9.17) is 9.15 Å². The number of rotatable bonds is 5. The summed E-state index contributed by atoms with van der Waals surface area (Å²) >= 11 is 3.21. The smallest absolute Gasteiger partial charge is 0.410 e. The molecule has 4 aromatic rings. The number of nitrogens with zero attached hydrogens (tertiary/aromatic N) is 6. The molecule has 5 rings (SSSR count). The molecule has 0 spiro atoms. The minimum atomic E-state index is -2.89. The third kappa shape index (κ3) is 5.42. The summed E-state index contributed by atoms with van der Waals surface area (Å²) < 4.78 is 53.7. The zero-order valence-electron chi connectivity index (χ0n) is 21.2. The van der Waals surface area contributed by atoms with Crippen molar-refractivity contribution in [2.75, 3.05) is 13.1 Å². The lowest BCUT2D eigenvalue weighted by Crippen LogP contribution is -2.36. The van der Waals surface area contributed by atoms with Crippen molar-refractivity contribution in [1.82, 2.24) is 29.2 Å². The van der Waals surface area contributed by atoms with Crippen molar-refractivity contribution >= 4 is 33.1 Å². The van der Waals surface area contributed by atoms with Gasteiger partial charge in [0.15, 0.2) is 0 Å². The maximum Gasteiger partial charge on any atom is 0.410 e. The summed E-state index contributed by atoms with van der Waals surface area (Å²) in [6, 6.07) is 5.62. The molecule has 0 saturated carbocycles. The molecular formula is C25H24BrF3N6O4. The first-order valence-corrected chi connectivity index (χ1v) is 12.8. The molecule has 39 heavy (non-hydrogen) atoms. The highest BCUT2D eigenvalue weighted by atomic mass is 79.9. The minimum Gasteiger partial charge on any atom is -0.444 e. The van der Waals surface area contributed by atoms with Crippen molar-refractivity contribution in [3.05, 3.63) is 62.8 Å². The molecule has 1 aliphatic heterocycles. The van der Waals surface area contributed by atoms with Crippen LogP contribution in [-0.4, -0.2) is 54.0 Å². The second-order valence-corrected chi connectivity index (χ2v) is 11.0. The molecule has 0 radical (unpaired) electrons. The number of fused-ring (bicyclic) bond motifs is 1. The lowest BCUT2D eigenvalue weighted by Gasteiger charge is -2.24. The number of ether oxygens (including phenoxy) is 1. The number of hydrogen-bond acceptors (Lipinski definition) is 7. The SMILES string of the molecule is CC(C)(C)OC(=O)N1CCC(n2c(=O)n(Cc3ccc(-c4nnc(C(F)F)o4)cn3)c3cc(F)c(Br)cc32)C1. The normalized spacial score (nSPS) is 16.0. The average molecular weight is 609 g/mol. The third-order valence-corrected chi connectivity index (χ3v) is 6.81. The highest BCUT2D eigenvalue weighted by molar-refractivity contribution is 9.10. The Labute approximate surface area is 228 Å². The Kier molecular flexibility index (Phi) is 6.99. The van der Waals surface area contributed by atoms with E-state index in [9.17, 15) is 22.8 Å². The van der Waals surface area contributed by atoms with E-state index in [1.165, 1.54) is 16.8 Å². The molecule has 1 aromatic carbocycles. The third-order valence-electron chi connectivity index (χ3n) is 6.20. The molecule has 10 nitrogen and oxygen atoms in total. The first kappa shape index (κ1) is 26.9. The second kappa shape index (κ2) is 10.1. The largest absolute Gasteiger partial charge is 0.444 e. The van der Waals surface area contributed by atoms with Gasteiger partial charge in [-0.3, -0.25) is 14.1 Å². The van der Waals surface area contributed by atoms with E-state index in [2.05, 4.69) is 31.1 Å². The molecule has 1 amide bonds. The summed E-state index contributed by atoms with van der Waals surface area (Å²) in [6.07, 6.45) is -1.46. The Balaban J connectivity index is 1.45. The van der Waals surface area contributed by atoms with Crippen molar-refractivity contribution in [1.29, 1.82) is 0 Å². The second-order valence-electron chi connectivity index (χ2n) is 10.1. The first-order valence-electron chi connectivity index (χ1n) is 12.1. The Bertz CT molecular complexity index is 1590. The molecule has 4 heterocycles. The highest BCUT2D eigenvalue weighted by Gasteiger charge is 2.33. The Morgan fingerprint density at radius 1 is 1.23 bits per heavy atom. The fraction of sp³-hybridized carbons (Fsp3) is 0.400. The molecule has 1 atom stereocenters. The van der Waals surface area contributed by atoms with E-state index < -0.39 is 29.8 Å². The van der Waals surface area contributed by atoms with Crippen molar-refractivity contribution in [3.63, 3.8) is 0 Å². The molecule has 0 bridgehead atoms. The topological polar surface area (TPSA) is 108 Å². The van der Waals surface area contributed by atoms with Crippen molar-refractivity contribution < 1.29 is 27.1 Å². The maximum atomic E-state index is 14.6. The van der Waals surface area contributed by atoms with Crippen molar-refractivity contribution in [2.24, 2.45) is 0 Å². The number of imidazole rings is 1. The predicted molar refractivity (Wildman–Crippen MR) is 137 cm³/mol. The van der Waals surface area contributed by atoms with Crippen LogP contribution >= 0.6 is 15.9 Å². The van der Waals surface area contributed by atoms with Gasteiger partial charge in [0.25, 0.3) is 5.89 Å². The van der Waals surface area contributed by atoms with Gasteiger partial charge < -0.3 is 14.1 Å². The van der Waals surface area contributed by atoms with Crippen LogP contribution in [0.25, 0.3) is 22.5 Å². The summed E-state index contributed by atoms with van der Waals surface area (Å²) in [6.45, 7) is 6.04. The number of likely N-dealkylation sites (tertiary alicyclic amines) is 1. The van der Waals surface area contributed by atoms with Crippen molar-refractivity contribution in [3.8, 4) is 11.5 Å². The zero-order valence-corrected chi connectivity index (χ0v) is 22.8. The monoisotopic (exact) mass is 608 g/mol. The Morgan fingerprint density at radius 2 is 2.00 bits per heavy atom. The van der Waals surface area contributed by atoms with Gasteiger partial charge in [-0.15, -0.1) is 10.2 Å². The van der Waals surface area contributed by atoms with E-state index >= 15 is 0 Å². The molecule has 1 aliphatic rings. The Hall–Kier alpha value is -3.68. The number of alkyl halides is 2. The maximum absolute atomic E-state index is 14.6. The number of aromatic nitrogens is 5. The van der Waals surface area contributed by atoms with Gasteiger partial charge >= 0.3 is 18.2 Å². The van der Waals surface area contributed by atoms with Gasteiger partial charge in [0.1, 0.15) is 11.4 Å². The molecular weight excluding hydrogens is 585 g/mol. The summed E-state index contributed by atoms with van der Waals surface area (Å²) in [5.74, 6) is -1.44. The number of halogens is 4. The van der Waals surface area contributed by atoms with E-state index in [1.807, 2.05) is 0 Å². The van der Waals surface area contributed by atoms with Crippen LogP contribution in [0.5, 0.6) is 0 Å². The summed E-state index contributed by atoms with van der Waals surface area (Å²) in [4.78, 5) is 32.1. The van der Waals surface area contributed by atoms with Gasteiger partial charge in [0.05, 0.1) is 39.4 Å². The number of benzene rings is 1. The molecule has 1 unspecified atom stereocenters. The predicted octanol–water partition coefficient (Wildman–Crippen LogP) is 5.32. The molecule has 1 fully saturated rings. The van der Waals surface area contributed by atoms with Crippen molar-refractivity contribution in [2.45, 2.75) is 51.8 Å². The van der Waals surface area contributed by atoms with Gasteiger partial charge in [-0.25, -0.2) is 14.0 Å². The number of pyridine rings is 1. The number of carbonyl (C=O) groups excluding carboxylic acids is 1. The average Bonchev–Trinajstić information content (AvgIpc) is 3.59. The quantitative estimate of drug-likeness (QED) is 0.302. The van der Waals surface area contributed by atoms with Gasteiger partial charge in [-0.2, -0.15) is 8.78 Å². The highest BCUT2D eigenvalue weighted by Crippen LogP contribution is 2.30. The summed E-state index contributed by atoms with van der Waals surface area (Å²) in [5, 5.41) is 6.90. The lowest BCUT2D eigenvalue weighted by molar-refractivity contribution is 0.0289. The molecule has 14 heteroatoms. The number of carbonyl (C=O) groups is 1. The van der Waals surface area contributed by atoms with Crippen LogP contribution in [0.3, 0.4) is 0 Å². The van der Waals surface area contributed by atoms with E-state index in [0.717, 1.165) is 0 Å². The van der Waals surface area contributed by atoms with Crippen LogP contribution in [0.15, 0.2) is 44.1 Å². The first-order chi connectivity index (χ1) is 18.4. The molecule has 3 aromatic heterocycles. The van der Waals surface area contributed by atoms with Crippen LogP contribution in [0.1, 0.15) is 51.2 Å². The molecule has 0 N–H and O–H groups in total. The van der Waals surface area contributed by atoms with Crippen LogP contribution < -0.4 is 5.69 Å². The number of amides is 1. The Morgan fingerprint density at radius 3 is 2.64 bits per heavy atom. The van der Waals surface area contributed by atoms with Gasteiger partial charge in [-0.1, -0.05) is 0 Å². The molecule has 1 saturated heterocycles.